The van der Waals surface area contributed by atoms with Crippen molar-refractivity contribution >= 4 is 39.1 Å². The molecule has 1 aliphatic rings. The van der Waals surface area contributed by atoms with Crippen molar-refractivity contribution in [2.24, 2.45) is 0 Å². The first-order chi connectivity index (χ1) is 9.56. The van der Waals surface area contributed by atoms with E-state index in [9.17, 15) is 5.11 Å². The second-order valence-corrected chi connectivity index (χ2v) is 6.38. The zero-order valence-corrected chi connectivity index (χ0v) is 13.5. The number of aliphatic hydroxyl groups is 1. The van der Waals surface area contributed by atoms with Crippen LogP contribution >= 0.6 is 39.1 Å². The molecule has 1 N–H and O–H groups in total. The Bertz CT molecular complexity index is 673. The molecule has 0 bridgehead atoms. The van der Waals surface area contributed by atoms with Crippen molar-refractivity contribution in [3.63, 3.8) is 0 Å². The van der Waals surface area contributed by atoms with Crippen LogP contribution in [0, 0.1) is 0 Å². The van der Waals surface area contributed by atoms with Gasteiger partial charge in [0.05, 0.1) is 6.61 Å². The van der Waals surface area contributed by atoms with Gasteiger partial charge in [-0.2, -0.15) is 0 Å². The number of rotatable bonds is 2. The maximum absolute atomic E-state index is 10.6. The van der Waals surface area contributed by atoms with E-state index >= 15 is 0 Å². The Hall–Kier alpha value is -0.740. The Morgan fingerprint density at radius 2 is 1.90 bits per heavy atom. The number of hydrogen-bond acceptors (Lipinski definition) is 2. The van der Waals surface area contributed by atoms with E-state index in [0.717, 1.165) is 27.8 Å². The molecule has 1 unspecified atom stereocenters. The smallest absolute Gasteiger partial charge is 0.128 e. The fraction of sp³-hybridized carbons (Fsp3) is 0.200. The van der Waals surface area contributed by atoms with E-state index in [1.54, 1.807) is 24.3 Å². The van der Waals surface area contributed by atoms with Crippen LogP contribution in [0.1, 0.15) is 22.8 Å². The molecule has 2 aromatic rings. The molecule has 0 saturated carbocycles. The molecular weight excluding hydrogens is 363 g/mol. The quantitative estimate of drug-likeness (QED) is 0.821. The monoisotopic (exact) mass is 372 g/mol. The molecule has 1 atom stereocenters. The molecule has 0 fully saturated rings. The van der Waals surface area contributed by atoms with Crippen LogP contribution in [0.25, 0.3) is 0 Å². The molecule has 3 rings (SSSR count). The summed E-state index contributed by atoms with van der Waals surface area (Å²) in [5, 5.41) is 11.9. The van der Waals surface area contributed by atoms with Crippen molar-refractivity contribution < 1.29 is 9.84 Å². The lowest BCUT2D eigenvalue weighted by molar-refractivity contribution is 0.213. The Morgan fingerprint density at radius 3 is 2.65 bits per heavy atom. The highest BCUT2D eigenvalue weighted by atomic mass is 79.9. The van der Waals surface area contributed by atoms with Gasteiger partial charge in [-0.25, -0.2) is 0 Å². The lowest BCUT2D eigenvalue weighted by Crippen LogP contribution is -2.03. The highest BCUT2D eigenvalue weighted by Crippen LogP contribution is 2.40. The van der Waals surface area contributed by atoms with Gasteiger partial charge in [0.1, 0.15) is 11.9 Å². The second-order valence-electron chi connectivity index (χ2n) is 4.65. The molecule has 20 heavy (non-hydrogen) atoms. The van der Waals surface area contributed by atoms with Crippen LogP contribution in [-0.4, -0.2) is 11.7 Å². The van der Waals surface area contributed by atoms with Crippen molar-refractivity contribution in [2.75, 3.05) is 6.61 Å². The summed E-state index contributed by atoms with van der Waals surface area (Å²) in [5.74, 6) is 0.740. The maximum atomic E-state index is 10.6. The zero-order chi connectivity index (χ0) is 14.3. The van der Waals surface area contributed by atoms with E-state index in [1.807, 2.05) is 6.07 Å². The van der Waals surface area contributed by atoms with Crippen LogP contribution in [0.2, 0.25) is 10.0 Å². The topological polar surface area (TPSA) is 29.5 Å². The van der Waals surface area contributed by atoms with Gasteiger partial charge in [0, 0.05) is 26.5 Å². The minimum Gasteiger partial charge on any atom is -0.493 e. The van der Waals surface area contributed by atoms with Gasteiger partial charge in [0.2, 0.25) is 0 Å². The fourth-order valence-corrected chi connectivity index (χ4v) is 3.54. The van der Waals surface area contributed by atoms with Crippen LogP contribution in [0.15, 0.2) is 34.8 Å². The van der Waals surface area contributed by atoms with Gasteiger partial charge in [-0.05, 0) is 35.4 Å². The average molecular weight is 374 g/mol. The number of halogens is 3. The summed E-state index contributed by atoms with van der Waals surface area (Å²) in [6.07, 6.45) is 0.00408. The summed E-state index contributed by atoms with van der Waals surface area (Å²) >= 11 is 15.5. The van der Waals surface area contributed by atoms with Gasteiger partial charge < -0.3 is 9.84 Å². The van der Waals surface area contributed by atoms with Gasteiger partial charge in [-0.1, -0.05) is 45.2 Å². The van der Waals surface area contributed by atoms with Gasteiger partial charge in [0.25, 0.3) is 0 Å². The minimum absolute atomic E-state index is 0.605. The Kier molecular flexibility index (Phi) is 3.95. The number of fused-ring (bicyclic) bond motifs is 1. The SMILES string of the molecule is OC(c1ccc(Cl)cc1Br)c1cc(Cl)cc2c1OCC2. The zero-order valence-electron chi connectivity index (χ0n) is 10.4. The minimum atomic E-state index is -0.813. The molecular formula is C15H11BrCl2O2. The third-order valence-electron chi connectivity index (χ3n) is 3.33. The molecule has 5 heteroatoms. The van der Waals surface area contributed by atoms with Gasteiger partial charge in [-0.15, -0.1) is 0 Å². The summed E-state index contributed by atoms with van der Waals surface area (Å²) in [7, 11) is 0. The van der Waals surface area contributed by atoms with Crippen molar-refractivity contribution in [2.45, 2.75) is 12.5 Å². The average Bonchev–Trinajstić information content (AvgIpc) is 2.85. The first-order valence-electron chi connectivity index (χ1n) is 6.14. The molecule has 2 nitrogen and oxygen atoms in total. The van der Waals surface area contributed by atoms with E-state index in [0.29, 0.717) is 22.2 Å². The molecule has 0 aliphatic carbocycles. The van der Waals surface area contributed by atoms with E-state index in [4.69, 9.17) is 27.9 Å². The van der Waals surface area contributed by atoms with E-state index < -0.39 is 6.10 Å². The van der Waals surface area contributed by atoms with E-state index in [-0.39, 0.29) is 0 Å². The van der Waals surface area contributed by atoms with Crippen LogP contribution in [0.5, 0.6) is 5.75 Å². The molecule has 104 valence electrons. The van der Waals surface area contributed by atoms with Crippen molar-refractivity contribution in [3.05, 3.63) is 61.5 Å². The first kappa shape index (κ1) is 14.2. The van der Waals surface area contributed by atoms with Crippen LogP contribution in [0.3, 0.4) is 0 Å². The van der Waals surface area contributed by atoms with Crippen molar-refractivity contribution in [1.29, 1.82) is 0 Å². The lowest BCUT2D eigenvalue weighted by Gasteiger charge is -2.17. The molecule has 0 spiro atoms. The largest absolute Gasteiger partial charge is 0.493 e. The Balaban J connectivity index is 2.09. The Labute approximate surface area is 135 Å². The number of benzene rings is 2. The Morgan fingerprint density at radius 1 is 1.10 bits per heavy atom. The van der Waals surface area contributed by atoms with E-state index in [2.05, 4.69) is 15.9 Å². The summed E-state index contributed by atoms with van der Waals surface area (Å²) in [6.45, 7) is 0.622. The summed E-state index contributed by atoms with van der Waals surface area (Å²) in [6, 6.07) is 8.93. The molecule has 2 aromatic carbocycles. The summed E-state index contributed by atoms with van der Waals surface area (Å²) in [4.78, 5) is 0. The number of hydrogen-bond donors (Lipinski definition) is 1. The molecule has 1 heterocycles. The lowest BCUT2D eigenvalue weighted by atomic mass is 9.98. The molecule has 0 saturated heterocycles. The van der Waals surface area contributed by atoms with Gasteiger partial charge >= 0.3 is 0 Å². The predicted molar refractivity (Wildman–Crippen MR) is 83.9 cm³/mol. The molecule has 0 radical (unpaired) electrons. The van der Waals surface area contributed by atoms with Gasteiger partial charge in [0.15, 0.2) is 0 Å². The highest BCUT2D eigenvalue weighted by Gasteiger charge is 2.24. The van der Waals surface area contributed by atoms with E-state index in [1.165, 1.54) is 0 Å². The standard InChI is InChI=1S/C15H11BrCl2O2/c16-13-7-9(17)1-2-11(13)14(19)12-6-10(18)5-8-3-4-20-15(8)12/h1-2,5-7,14,19H,3-4H2. The van der Waals surface area contributed by atoms with Crippen LogP contribution < -0.4 is 4.74 Å². The normalized spacial score (nSPS) is 14.8. The predicted octanol–water partition coefficient (Wildman–Crippen LogP) is 4.77. The molecule has 1 aliphatic heterocycles. The number of aliphatic hydroxyl groups excluding tert-OH is 1. The summed E-state index contributed by atoms with van der Waals surface area (Å²) < 4.78 is 6.38. The number of ether oxygens (including phenoxy) is 1. The van der Waals surface area contributed by atoms with Crippen molar-refractivity contribution in [1.82, 2.24) is 0 Å². The third kappa shape index (κ3) is 2.56. The van der Waals surface area contributed by atoms with Crippen LogP contribution in [-0.2, 0) is 6.42 Å². The third-order valence-corrected chi connectivity index (χ3v) is 4.47. The van der Waals surface area contributed by atoms with Crippen molar-refractivity contribution in [3.8, 4) is 5.75 Å². The second kappa shape index (κ2) is 5.57. The van der Waals surface area contributed by atoms with Crippen LogP contribution in [0.4, 0.5) is 0 Å². The first-order valence-corrected chi connectivity index (χ1v) is 7.69. The molecule has 0 amide bonds. The molecule has 0 aromatic heterocycles. The maximum Gasteiger partial charge on any atom is 0.128 e. The van der Waals surface area contributed by atoms with Gasteiger partial charge in [-0.3, -0.25) is 0 Å². The highest BCUT2D eigenvalue weighted by molar-refractivity contribution is 9.10. The summed E-state index contributed by atoms with van der Waals surface area (Å²) in [5.41, 5.74) is 2.46. The fourth-order valence-electron chi connectivity index (χ4n) is 2.39.